The van der Waals surface area contributed by atoms with Gasteiger partial charge in [-0.05, 0) is 0 Å². The average Bonchev–Trinajstić information content (AvgIpc) is 2.02. The van der Waals surface area contributed by atoms with Crippen molar-refractivity contribution >= 4 is 27.8 Å². The van der Waals surface area contributed by atoms with Gasteiger partial charge in [-0.1, -0.05) is 22.9 Å². The molecule has 0 spiro atoms. The van der Waals surface area contributed by atoms with E-state index in [1.165, 1.54) is 0 Å². The Labute approximate surface area is 79.5 Å². The van der Waals surface area contributed by atoms with Gasteiger partial charge in [0.05, 0.1) is 6.42 Å². The van der Waals surface area contributed by atoms with Gasteiger partial charge in [0.1, 0.15) is 0 Å². The molecule has 0 fully saturated rings. The van der Waals surface area contributed by atoms with Crippen LogP contribution in [0.4, 0.5) is 0 Å². The number of carbonyl (C=O) groups excluding carboxylic acids is 1. The first-order valence-corrected chi connectivity index (χ1v) is 4.79. The smallest absolute Gasteiger partial charge is 0.305 e. The van der Waals surface area contributed by atoms with Crippen molar-refractivity contribution in [2.24, 2.45) is 0 Å². The summed E-state index contributed by atoms with van der Waals surface area (Å²) in [4.78, 5) is 21.1. The molecule has 4 nitrogen and oxygen atoms in total. The van der Waals surface area contributed by atoms with Crippen molar-refractivity contribution in [3.63, 3.8) is 0 Å². The van der Waals surface area contributed by atoms with Crippen LogP contribution in [0.5, 0.6) is 0 Å². The van der Waals surface area contributed by atoms with Gasteiger partial charge in [0.2, 0.25) is 5.91 Å². The third-order valence-corrected chi connectivity index (χ3v) is 2.08. The lowest BCUT2D eigenvalue weighted by Gasteiger charge is -2.12. The van der Waals surface area contributed by atoms with Crippen LogP contribution < -0.4 is 5.32 Å². The first kappa shape index (κ1) is 11.4. The maximum absolute atomic E-state index is 10.8. The number of hydrogen-bond donors (Lipinski definition) is 2. The highest BCUT2D eigenvalue weighted by atomic mass is 79.9. The van der Waals surface area contributed by atoms with Gasteiger partial charge in [-0.15, -0.1) is 0 Å². The third-order valence-electron chi connectivity index (χ3n) is 1.29. The molecule has 0 bridgehead atoms. The van der Waals surface area contributed by atoms with Crippen LogP contribution in [-0.2, 0) is 9.59 Å². The predicted octanol–water partition coefficient (Wildman–Crippen LogP) is 0.751. The Morgan fingerprint density at radius 2 is 2.17 bits per heavy atom. The van der Waals surface area contributed by atoms with Crippen LogP contribution in [-0.4, -0.2) is 28.4 Å². The average molecular weight is 238 g/mol. The van der Waals surface area contributed by atoms with E-state index in [0.717, 1.165) is 0 Å². The number of amides is 1. The number of carboxylic acids is 1. The molecule has 5 heteroatoms. The molecule has 1 amide bonds. The number of hydrogen-bond acceptors (Lipinski definition) is 2. The van der Waals surface area contributed by atoms with Gasteiger partial charge >= 0.3 is 5.97 Å². The molecule has 0 unspecified atom stereocenters. The lowest BCUT2D eigenvalue weighted by atomic mass is 10.2. The summed E-state index contributed by atoms with van der Waals surface area (Å²) in [5, 5.41) is 11.5. The van der Waals surface area contributed by atoms with Crippen LogP contribution in [0.2, 0.25) is 0 Å². The van der Waals surface area contributed by atoms with Crippen molar-refractivity contribution in [2.75, 3.05) is 5.33 Å². The second-order valence-electron chi connectivity index (χ2n) is 2.37. The maximum Gasteiger partial charge on any atom is 0.305 e. The molecule has 2 N–H and O–H groups in total. The van der Waals surface area contributed by atoms with Crippen LogP contribution >= 0.6 is 15.9 Å². The van der Waals surface area contributed by atoms with Gasteiger partial charge in [0, 0.05) is 17.8 Å². The Morgan fingerprint density at radius 1 is 1.58 bits per heavy atom. The molecule has 0 saturated carbocycles. The minimum absolute atomic E-state index is 0.0447. The molecule has 70 valence electrons. The zero-order valence-electron chi connectivity index (χ0n) is 6.84. The van der Waals surface area contributed by atoms with Crippen molar-refractivity contribution in [2.45, 2.75) is 25.8 Å². The number of halogens is 1. The Hall–Kier alpha value is -0.580. The zero-order valence-corrected chi connectivity index (χ0v) is 8.43. The van der Waals surface area contributed by atoms with E-state index >= 15 is 0 Å². The summed E-state index contributed by atoms with van der Waals surface area (Å²) in [6.07, 6.45) is 0.333. The summed E-state index contributed by atoms with van der Waals surface area (Å²) in [6.45, 7) is 1.72. The summed E-state index contributed by atoms with van der Waals surface area (Å²) in [5.74, 6) is -1.03. The Morgan fingerprint density at radius 3 is 2.50 bits per heavy atom. The topological polar surface area (TPSA) is 66.4 Å². The molecule has 12 heavy (non-hydrogen) atoms. The first-order valence-electron chi connectivity index (χ1n) is 3.67. The standard InChI is InChI=1S/C7H12BrNO3/c1-2-6(10)9-5(4-8)3-7(11)12/h5H,2-4H2,1H3,(H,9,10)(H,11,12)/t5-/m0/s1. The summed E-state index contributed by atoms with van der Waals surface area (Å²) in [5.41, 5.74) is 0. The molecule has 0 aromatic rings. The SMILES string of the molecule is CCC(=O)N[C@H](CBr)CC(=O)O. The zero-order chi connectivity index (χ0) is 9.56. The van der Waals surface area contributed by atoms with Crippen molar-refractivity contribution < 1.29 is 14.7 Å². The van der Waals surface area contributed by atoms with Crippen LogP contribution in [0, 0.1) is 0 Å². The number of rotatable bonds is 5. The molecule has 1 atom stereocenters. The summed E-state index contributed by atoms with van der Waals surface area (Å²) < 4.78 is 0. The number of nitrogens with one attached hydrogen (secondary N) is 1. The minimum Gasteiger partial charge on any atom is -0.481 e. The van der Waals surface area contributed by atoms with Crippen LogP contribution in [0.3, 0.4) is 0 Å². The molecular weight excluding hydrogens is 226 g/mol. The van der Waals surface area contributed by atoms with Gasteiger partial charge in [0.15, 0.2) is 0 Å². The van der Waals surface area contributed by atoms with E-state index in [1.807, 2.05) is 0 Å². The van der Waals surface area contributed by atoms with Gasteiger partial charge in [-0.3, -0.25) is 9.59 Å². The second kappa shape index (κ2) is 5.99. The molecule has 0 aliphatic rings. The van der Waals surface area contributed by atoms with E-state index in [2.05, 4.69) is 21.2 Å². The quantitative estimate of drug-likeness (QED) is 0.694. The predicted molar refractivity (Wildman–Crippen MR) is 48.3 cm³/mol. The molecule has 0 radical (unpaired) electrons. The van der Waals surface area contributed by atoms with Gasteiger partial charge in [0.25, 0.3) is 0 Å². The fraction of sp³-hybridized carbons (Fsp3) is 0.714. The first-order chi connectivity index (χ1) is 5.60. The van der Waals surface area contributed by atoms with Crippen LogP contribution in [0.1, 0.15) is 19.8 Å². The van der Waals surface area contributed by atoms with E-state index in [4.69, 9.17) is 5.11 Å². The highest BCUT2D eigenvalue weighted by molar-refractivity contribution is 9.09. The van der Waals surface area contributed by atoms with Crippen LogP contribution in [0.25, 0.3) is 0 Å². The van der Waals surface area contributed by atoms with E-state index < -0.39 is 5.97 Å². The number of aliphatic carboxylic acids is 1. The lowest BCUT2D eigenvalue weighted by Crippen LogP contribution is -2.37. The van der Waals surface area contributed by atoms with E-state index in [-0.39, 0.29) is 18.4 Å². The molecule has 0 aromatic carbocycles. The number of carboxylic acid groups (broad SMARTS) is 1. The fourth-order valence-electron chi connectivity index (χ4n) is 0.685. The number of alkyl halides is 1. The van der Waals surface area contributed by atoms with Crippen molar-refractivity contribution in [1.29, 1.82) is 0 Å². The summed E-state index contributed by atoms with van der Waals surface area (Å²) in [6, 6.07) is -0.310. The summed E-state index contributed by atoms with van der Waals surface area (Å²) >= 11 is 3.12. The Balaban J connectivity index is 3.82. The van der Waals surface area contributed by atoms with Gasteiger partial charge < -0.3 is 10.4 Å². The van der Waals surface area contributed by atoms with E-state index in [1.54, 1.807) is 6.92 Å². The Kier molecular flexibility index (Phi) is 5.70. The van der Waals surface area contributed by atoms with Crippen molar-refractivity contribution in [3.8, 4) is 0 Å². The van der Waals surface area contributed by atoms with Crippen molar-refractivity contribution in [3.05, 3.63) is 0 Å². The molecule has 0 aromatic heterocycles. The molecule has 0 aliphatic heterocycles. The fourth-order valence-corrected chi connectivity index (χ4v) is 1.08. The monoisotopic (exact) mass is 237 g/mol. The largest absolute Gasteiger partial charge is 0.481 e. The highest BCUT2D eigenvalue weighted by Crippen LogP contribution is 1.97. The lowest BCUT2D eigenvalue weighted by molar-refractivity contribution is -0.137. The molecular formula is C7H12BrNO3. The van der Waals surface area contributed by atoms with Crippen molar-refractivity contribution in [1.82, 2.24) is 5.32 Å². The molecule has 0 aliphatic carbocycles. The van der Waals surface area contributed by atoms with Gasteiger partial charge in [-0.2, -0.15) is 0 Å². The minimum atomic E-state index is -0.907. The molecule has 0 heterocycles. The van der Waals surface area contributed by atoms with E-state index in [0.29, 0.717) is 11.8 Å². The molecule has 0 saturated heterocycles. The second-order valence-corrected chi connectivity index (χ2v) is 3.02. The van der Waals surface area contributed by atoms with Gasteiger partial charge in [-0.25, -0.2) is 0 Å². The third kappa shape index (κ3) is 5.12. The normalized spacial score (nSPS) is 12.2. The maximum atomic E-state index is 10.8. The molecule has 0 rings (SSSR count). The highest BCUT2D eigenvalue weighted by Gasteiger charge is 2.12. The number of carbonyl (C=O) groups is 2. The van der Waals surface area contributed by atoms with E-state index in [9.17, 15) is 9.59 Å². The van der Waals surface area contributed by atoms with Crippen LogP contribution in [0.15, 0.2) is 0 Å². The summed E-state index contributed by atoms with van der Waals surface area (Å²) in [7, 11) is 0. The Bertz CT molecular complexity index is 172.